The van der Waals surface area contributed by atoms with Gasteiger partial charge in [-0.2, -0.15) is 5.10 Å². The van der Waals surface area contributed by atoms with Crippen molar-refractivity contribution in [3.05, 3.63) is 76.3 Å². The number of benzene rings is 1. The van der Waals surface area contributed by atoms with Gasteiger partial charge in [0.25, 0.3) is 5.56 Å². The maximum atomic E-state index is 12.5. The molecule has 2 N–H and O–H groups in total. The van der Waals surface area contributed by atoms with E-state index in [-0.39, 0.29) is 5.56 Å². The summed E-state index contributed by atoms with van der Waals surface area (Å²) in [5.41, 5.74) is 3.95. The number of hydrogen-bond acceptors (Lipinski definition) is 4. The molecule has 0 radical (unpaired) electrons. The van der Waals surface area contributed by atoms with Crippen LogP contribution in [0.3, 0.4) is 0 Å². The number of pyridine rings is 1. The van der Waals surface area contributed by atoms with Crippen molar-refractivity contribution in [3.63, 3.8) is 0 Å². The van der Waals surface area contributed by atoms with Crippen LogP contribution in [-0.4, -0.2) is 46.8 Å². The first-order valence-electron chi connectivity index (χ1n) is 8.77. The van der Waals surface area contributed by atoms with E-state index in [0.29, 0.717) is 6.54 Å². The van der Waals surface area contributed by atoms with Crippen LogP contribution >= 0.6 is 0 Å². The van der Waals surface area contributed by atoms with Crippen molar-refractivity contribution >= 4 is 0 Å². The molecular formula is C20H25N5O. The third-order valence-corrected chi connectivity index (χ3v) is 4.38. The fourth-order valence-corrected chi connectivity index (χ4v) is 2.93. The number of aromatic nitrogens is 3. The quantitative estimate of drug-likeness (QED) is 0.651. The van der Waals surface area contributed by atoms with Crippen molar-refractivity contribution in [2.75, 3.05) is 27.2 Å². The summed E-state index contributed by atoms with van der Waals surface area (Å²) < 4.78 is 1.72. The molecule has 1 aromatic carbocycles. The lowest BCUT2D eigenvalue weighted by molar-refractivity contribution is 0.328. The van der Waals surface area contributed by atoms with Gasteiger partial charge in [0.05, 0.1) is 18.4 Å². The number of nitrogens with zero attached hydrogens (tertiary/aromatic N) is 3. The zero-order chi connectivity index (χ0) is 18.4. The topological polar surface area (TPSA) is 66.0 Å². The van der Waals surface area contributed by atoms with E-state index in [1.807, 2.05) is 55.8 Å². The van der Waals surface area contributed by atoms with E-state index >= 15 is 0 Å². The van der Waals surface area contributed by atoms with Crippen LogP contribution in [0, 0.1) is 0 Å². The molecule has 0 saturated heterocycles. The minimum atomic E-state index is -0.0181. The Labute approximate surface area is 153 Å². The van der Waals surface area contributed by atoms with Crippen LogP contribution in [-0.2, 0) is 13.1 Å². The second kappa shape index (κ2) is 8.60. The molecule has 2 heterocycles. The van der Waals surface area contributed by atoms with E-state index in [2.05, 4.69) is 27.5 Å². The monoisotopic (exact) mass is 351 g/mol. The molecule has 0 aliphatic rings. The Kier molecular flexibility index (Phi) is 5.99. The van der Waals surface area contributed by atoms with Crippen molar-refractivity contribution < 1.29 is 0 Å². The Morgan fingerprint density at radius 1 is 1.23 bits per heavy atom. The summed E-state index contributed by atoms with van der Waals surface area (Å²) in [5, 5.41) is 10.4. The minimum Gasteiger partial charge on any atom is -0.318 e. The van der Waals surface area contributed by atoms with E-state index in [1.165, 1.54) is 0 Å². The van der Waals surface area contributed by atoms with Crippen LogP contribution in [0.15, 0.2) is 59.7 Å². The van der Waals surface area contributed by atoms with Gasteiger partial charge in [-0.25, -0.2) is 0 Å². The second-order valence-corrected chi connectivity index (χ2v) is 6.48. The first-order chi connectivity index (χ1) is 12.7. The SMILES string of the molecule is CNCCN(C)Cc1cn[nH]c1-c1ccn(Cc2ccccc2)c(=O)c1. The number of rotatable bonds is 8. The van der Waals surface area contributed by atoms with Gasteiger partial charge < -0.3 is 14.8 Å². The Morgan fingerprint density at radius 3 is 2.77 bits per heavy atom. The molecule has 3 aromatic rings. The molecule has 3 rings (SSSR count). The van der Waals surface area contributed by atoms with Gasteiger partial charge >= 0.3 is 0 Å². The van der Waals surface area contributed by atoms with Crippen LogP contribution in [0.5, 0.6) is 0 Å². The summed E-state index contributed by atoms with van der Waals surface area (Å²) in [6, 6.07) is 13.6. The van der Waals surface area contributed by atoms with Crippen molar-refractivity contribution in [2.24, 2.45) is 0 Å². The van der Waals surface area contributed by atoms with Crippen LogP contribution in [0.2, 0.25) is 0 Å². The predicted molar refractivity (Wildman–Crippen MR) is 104 cm³/mol. The van der Waals surface area contributed by atoms with Crippen LogP contribution in [0.1, 0.15) is 11.1 Å². The molecule has 2 aromatic heterocycles. The van der Waals surface area contributed by atoms with Crippen molar-refractivity contribution in [1.82, 2.24) is 25.0 Å². The Bertz CT molecular complexity index is 884. The van der Waals surface area contributed by atoms with Crippen molar-refractivity contribution in [1.29, 1.82) is 0 Å². The van der Waals surface area contributed by atoms with E-state index in [1.54, 1.807) is 10.6 Å². The molecule has 0 amide bonds. The van der Waals surface area contributed by atoms with Gasteiger partial charge in [0.2, 0.25) is 0 Å². The molecule has 0 atom stereocenters. The average Bonchev–Trinajstić information content (AvgIpc) is 3.10. The molecule has 6 heteroatoms. The summed E-state index contributed by atoms with van der Waals surface area (Å²) in [6.45, 7) is 3.22. The largest absolute Gasteiger partial charge is 0.318 e. The highest BCUT2D eigenvalue weighted by Crippen LogP contribution is 2.20. The third-order valence-electron chi connectivity index (χ3n) is 4.38. The molecule has 0 fully saturated rings. The van der Waals surface area contributed by atoms with Crippen LogP contribution in [0.25, 0.3) is 11.3 Å². The van der Waals surface area contributed by atoms with Crippen LogP contribution < -0.4 is 10.9 Å². The number of H-pyrrole nitrogens is 1. The molecule has 0 aliphatic heterocycles. The first-order valence-corrected chi connectivity index (χ1v) is 8.77. The summed E-state index contributed by atoms with van der Waals surface area (Å²) in [6.07, 6.45) is 3.68. The van der Waals surface area contributed by atoms with Gasteiger partial charge in [-0.1, -0.05) is 30.3 Å². The molecule has 6 nitrogen and oxygen atoms in total. The fourth-order valence-electron chi connectivity index (χ4n) is 2.93. The van der Waals surface area contributed by atoms with Gasteiger partial charge in [-0.3, -0.25) is 9.89 Å². The lowest BCUT2D eigenvalue weighted by Gasteiger charge is -2.16. The Hall–Kier alpha value is -2.70. The van der Waals surface area contributed by atoms with E-state index in [4.69, 9.17) is 0 Å². The fraction of sp³-hybridized carbons (Fsp3) is 0.300. The minimum absolute atomic E-state index is 0.0181. The van der Waals surface area contributed by atoms with Crippen LogP contribution in [0.4, 0.5) is 0 Å². The third kappa shape index (κ3) is 4.47. The van der Waals surface area contributed by atoms with Crippen molar-refractivity contribution in [3.8, 4) is 11.3 Å². The van der Waals surface area contributed by atoms with E-state index < -0.39 is 0 Å². The Morgan fingerprint density at radius 2 is 2.04 bits per heavy atom. The first kappa shape index (κ1) is 18.1. The normalized spacial score (nSPS) is 11.2. The molecule has 26 heavy (non-hydrogen) atoms. The molecule has 0 aliphatic carbocycles. The smallest absolute Gasteiger partial charge is 0.251 e. The molecule has 136 valence electrons. The highest BCUT2D eigenvalue weighted by molar-refractivity contribution is 5.61. The van der Waals surface area contributed by atoms with Gasteiger partial charge in [-0.05, 0) is 25.7 Å². The zero-order valence-corrected chi connectivity index (χ0v) is 15.3. The predicted octanol–water partition coefficient (Wildman–Crippen LogP) is 1.94. The zero-order valence-electron chi connectivity index (χ0n) is 15.3. The van der Waals surface area contributed by atoms with E-state index in [0.717, 1.165) is 42.0 Å². The summed E-state index contributed by atoms with van der Waals surface area (Å²) in [5.74, 6) is 0. The summed E-state index contributed by atoms with van der Waals surface area (Å²) in [4.78, 5) is 14.7. The lowest BCUT2D eigenvalue weighted by atomic mass is 10.1. The molecule has 0 bridgehead atoms. The number of likely N-dealkylation sites (N-methyl/N-ethyl adjacent to an activating group) is 2. The van der Waals surface area contributed by atoms with Gasteiger partial charge in [0, 0.05) is 43.0 Å². The Balaban J connectivity index is 1.78. The van der Waals surface area contributed by atoms with Gasteiger partial charge in [-0.15, -0.1) is 0 Å². The number of nitrogens with one attached hydrogen (secondary N) is 2. The molecule has 0 spiro atoms. The van der Waals surface area contributed by atoms with Crippen molar-refractivity contribution in [2.45, 2.75) is 13.1 Å². The molecule has 0 saturated carbocycles. The van der Waals surface area contributed by atoms with Gasteiger partial charge in [0.15, 0.2) is 0 Å². The molecular weight excluding hydrogens is 326 g/mol. The maximum absolute atomic E-state index is 12.5. The van der Waals surface area contributed by atoms with E-state index in [9.17, 15) is 4.79 Å². The lowest BCUT2D eigenvalue weighted by Crippen LogP contribution is -2.27. The standard InChI is InChI=1S/C20H25N5O/c1-21-9-11-24(2)15-18-13-22-23-20(18)17-8-10-25(19(26)12-17)14-16-6-4-3-5-7-16/h3-8,10,12-13,21H,9,11,14-15H2,1-2H3,(H,22,23). The molecule has 0 unspecified atom stereocenters. The maximum Gasteiger partial charge on any atom is 0.251 e. The number of aromatic amines is 1. The highest BCUT2D eigenvalue weighted by Gasteiger charge is 2.11. The summed E-state index contributed by atoms with van der Waals surface area (Å²) in [7, 11) is 4.02. The highest BCUT2D eigenvalue weighted by atomic mass is 16.1. The summed E-state index contributed by atoms with van der Waals surface area (Å²) >= 11 is 0. The van der Waals surface area contributed by atoms with Gasteiger partial charge in [0.1, 0.15) is 0 Å². The second-order valence-electron chi connectivity index (χ2n) is 6.48. The number of hydrogen-bond donors (Lipinski definition) is 2. The average molecular weight is 351 g/mol.